The lowest BCUT2D eigenvalue weighted by Gasteiger charge is -2.12. The SMILES string of the molecule is CC[C@@H](C)NC(=O)c1ccc(CSc2nc3ccncc3n2Cc2ccc(C)cc2)cc1. The van der Waals surface area contributed by atoms with Crippen molar-refractivity contribution in [2.75, 3.05) is 0 Å². The van der Waals surface area contributed by atoms with Gasteiger partial charge in [0.15, 0.2) is 5.16 Å². The van der Waals surface area contributed by atoms with Crippen molar-refractivity contribution in [3.8, 4) is 0 Å². The number of aromatic nitrogens is 3. The molecule has 0 aliphatic heterocycles. The Kier molecular flexibility index (Phi) is 6.90. The number of amides is 1. The van der Waals surface area contributed by atoms with Gasteiger partial charge >= 0.3 is 0 Å². The summed E-state index contributed by atoms with van der Waals surface area (Å²) in [5.41, 5.74) is 6.32. The number of thioether (sulfide) groups is 1. The molecule has 164 valence electrons. The van der Waals surface area contributed by atoms with Crippen molar-refractivity contribution in [3.63, 3.8) is 0 Å². The number of aryl methyl sites for hydroxylation is 1. The third-order valence-corrected chi connectivity index (χ3v) is 6.60. The normalized spacial score (nSPS) is 12.1. The van der Waals surface area contributed by atoms with Gasteiger partial charge in [0.2, 0.25) is 0 Å². The molecule has 2 aromatic carbocycles. The van der Waals surface area contributed by atoms with E-state index in [1.54, 1.807) is 18.0 Å². The second kappa shape index (κ2) is 10.0. The number of nitrogens with zero attached hydrogens (tertiary/aromatic N) is 3. The summed E-state index contributed by atoms with van der Waals surface area (Å²) in [6.07, 6.45) is 4.58. The predicted octanol–water partition coefficient (Wildman–Crippen LogP) is 5.61. The predicted molar refractivity (Wildman–Crippen MR) is 131 cm³/mol. The maximum atomic E-state index is 12.3. The Morgan fingerprint density at radius 1 is 1.06 bits per heavy atom. The molecular weight excluding hydrogens is 416 g/mol. The molecule has 4 aromatic rings. The highest BCUT2D eigenvalue weighted by molar-refractivity contribution is 7.98. The Morgan fingerprint density at radius 3 is 2.50 bits per heavy atom. The molecule has 5 nitrogen and oxygen atoms in total. The molecule has 1 amide bonds. The highest BCUT2D eigenvalue weighted by Crippen LogP contribution is 2.27. The van der Waals surface area contributed by atoms with Gasteiger partial charge in [-0.2, -0.15) is 0 Å². The van der Waals surface area contributed by atoms with Crippen molar-refractivity contribution >= 4 is 28.7 Å². The number of carbonyl (C=O) groups is 1. The van der Waals surface area contributed by atoms with Crippen LogP contribution < -0.4 is 5.32 Å². The standard InChI is InChI=1S/C26H28N4OS/c1-4-19(3)28-25(31)22-11-9-21(10-12-22)17-32-26-29-23-13-14-27-15-24(23)30(26)16-20-7-5-18(2)6-8-20/h5-15,19H,4,16-17H2,1-3H3,(H,28,31)/t19-/m1/s1. The van der Waals surface area contributed by atoms with Gasteiger partial charge in [0.25, 0.3) is 5.91 Å². The molecule has 1 atom stereocenters. The molecule has 2 heterocycles. The van der Waals surface area contributed by atoms with E-state index in [1.165, 1.54) is 11.1 Å². The number of benzene rings is 2. The number of carbonyl (C=O) groups excluding carboxylic acids is 1. The minimum atomic E-state index is -0.0223. The molecule has 0 saturated carbocycles. The molecule has 32 heavy (non-hydrogen) atoms. The van der Waals surface area contributed by atoms with Crippen LogP contribution >= 0.6 is 11.8 Å². The highest BCUT2D eigenvalue weighted by atomic mass is 32.2. The minimum absolute atomic E-state index is 0.0223. The van der Waals surface area contributed by atoms with E-state index >= 15 is 0 Å². The summed E-state index contributed by atoms with van der Waals surface area (Å²) in [6, 6.07) is 18.6. The van der Waals surface area contributed by atoms with Gasteiger partial charge in [0.1, 0.15) is 0 Å². The van der Waals surface area contributed by atoms with Gasteiger partial charge in [-0.1, -0.05) is 60.6 Å². The van der Waals surface area contributed by atoms with Crippen LogP contribution in [-0.4, -0.2) is 26.5 Å². The fraction of sp³-hybridized carbons (Fsp3) is 0.269. The average molecular weight is 445 g/mol. The van der Waals surface area contributed by atoms with Gasteiger partial charge in [-0.25, -0.2) is 4.98 Å². The van der Waals surface area contributed by atoms with Gasteiger partial charge in [0, 0.05) is 23.6 Å². The van der Waals surface area contributed by atoms with E-state index in [9.17, 15) is 4.79 Å². The van der Waals surface area contributed by atoms with Gasteiger partial charge < -0.3 is 9.88 Å². The molecule has 0 fully saturated rings. The first-order chi connectivity index (χ1) is 15.5. The van der Waals surface area contributed by atoms with Crippen LogP contribution in [-0.2, 0) is 12.3 Å². The lowest BCUT2D eigenvalue weighted by molar-refractivity contribution is 0.0939. The van der Waals surface area contributed by atoms with Crippen LogP contribution in [0, 0.1) is 6.92 Å². The zero-order valence-corrected chi connectivity index (χ0v) is 19.5. The van der Waals surface area contributed by atoms with E-state index < -0.39 is 0 Å². The molecule has 0 aliphatic carbocycles. The monoisotopic (exact) mass is 444 g/mol. The number of pyridine rings is 1. The molecule has 6 heteroatoms. The van der Waals surface area contributed by atoms with Crippen molar-refractivity contribution in [2.45, 2.75) is 50.7 Å². The van der Waals surface area contributed by atoms with E-state index in [-0.39, 0.29) is 11.9 Å². The largest absolute Gasteiger partial charge is 0.350 e. The first-order valence-corrected chi connectivity index (χ1v) is 11.9. The van der Waals surface area contributed by atoms with Crippen molar-refractivity contribution in [1.29, 1.82) is 0 Å². The van der Waals surface area contributed by atoms with Crippen LogP contribution in [0.1, 0.15) is 47.3 Å². The van der Waals surface area contributed by atoms with Gasteiger partial charge in [0.05, 0.1) is 23.8 Å². The summed E-state index contributed by atoms with van der Waals surface area (Å²) >= 11 is 1.70. The van der Waals surface area contributed by atoms with Crippen LogP contribution in [0.3, 0.4) is 0 Å². The molecule has 0 unspecified atom stereocenters. The molecule has 1 N–H and O–H groups in total. The molecule has 0 saturated heterocycles. The quantitative estimate of drug-likeness (QED) is 0.359. The first kappa shape index (κ1) is 22.1. The maximum absolute atomic E-state index is 12.3. The van der Waals surface area contributed by atoms with Crippen molar-refractivity contribution < 1.29 is 4.79 Å². The van der Waals surface area contributed by atoms with Crippen LogP contribution in [0.15, 0.2) is 72.1 Å². The number of hydrogen-bond acceptors (Lipinski definition) is 4. The Hall–Kier alpha value is -3.12. The van der Waals surface area contributed by atoms with Crippen LogP contribution in [0.5, 0.6) is 0 Å². The summed E-state index contributed by atoms with van der Waals surface area (Å²) in [5.74, 6) is 0.753. The van der Waals surface area contributed by atoms with Gasteiger partial charge in [-0.15, -0.1) is 0 Å². The Morgan fingerprint density at radius 2 is 1.78 bits per heavy atom. The second-order valence-corrected chi connectivity index (χ2v) is 9.04. The Balaban J connectivity index is 1.50. The van der Waals surface area contributed by atoms with E-state index in [2.05, 4.69) is 53.0 Å². The summed E-state index contributed by atoms with van der Waals surface area (Å²) in [5, 5.41) is 3.97. The van der Waals surface area contributed by atoms with Crippen molar-refractivity contribution in [3.05, 3.63) is 89.2 Å². The fourth-order valence-electron chi connectivity index (χ4n) is 3.40. The zero-order valence-electron chi connectivity index (χ0n) is 18.7. The van der Waals surface area contributed by atoms with Crippen LogP contribution in [0.2, 0.25) is 0 Å². The topological polar surface area (TPSA) is 59.8 Å². The smallest absolute Gasteiger partial charge is 0.251 e. The van der Waals surface area contributed by atoms with Gasteiger partial charge in [-0.3, -0.25) is 9.78 Å². The minimum Gasteiger partial charge on any atom is -0.350 e. The molecular formula is C26H28N4OS. The van der Waals surface area contributed by atoms with E-state index in [4.69, 9.17) is 4.98 Å². The van der Waals surface area contributed by atoms with Crippen LogP contribution in [0.4, 0.5) is 0 Å². The number of nitrogens with one attached hydrogen (secondary N) is 1. The average Bonchev–Trinajstić information content (AvgIpc) is 3.16. The zero-order chi connectivity index (χ0) is 22.5. The Labute approximate surface area is 193 Å². The summed E-state index contributed by atoms with van der Waals surface area (Å²) in [4.78, 5) is 21.5. The highest BCUT2D eigenvalue weighted by Gasteiger charge is 2.13. The first-order valence-electron chi connectivity index (χ1n) is 10.9. The molecule has 2 aromatic heterocycles. The van der Waals surface area contributed by atoms with Crippen LogP contribution in [0.25, 0.3) is 11.0 Å². The number of imidazole rings is 1. The van der Waals surface area contributed by atoms with E-state index in [0.29, 0.717) is 5.56 Å². The molecule has 4 rings (SSSR count). The van der Waals surface area contributed by atoms with E-state index in [0.717, 1.165) is 40.5 Å². The van der Waals surface area contributed by atoms with E-state index in [1.807, 2.05) is 43.5 Å². The van der Waals surface area contributed by atoms with Gasteiger partial charge in [-0.05, 0) is 49.6 Å². The Bertz CT molecular complexity index is 1200. The molecule has 0 spiro atoms. The number of rotatable bonds is 8. The fourth-order valence-corrected chi connectivity index (χ4v) is 4.37. The summed E-state index contributed by atoms with van der Waals surface area (Å²) < 4.78 is 2.23. The maximum Gasteiger partial charge on any atom is 0.251 e. The third kappa shape index (κ3) is 5.19. The lowest BCUT2D eigenvalue weighted by Crippen LogP contribution is -2.31. The number of hydrogen-bond donors (Lipinski definition) is 1. The molecule has 0 radical (unpaired) electrons. The van der Waals surface area contributed by atoms with Crippen molar-refractivity contribution in [2.24, 2.45) is 0 Å². The molecule has 0 aliphatic rings. The summed E-state index contributed by atoms with van der Waals surface area (Å²) in [7, 11) is 0. The summed E-state index contributed by atoms with van der Waals surface area (Å²) in [6.45, 7) is 6.93. The number of fused-ring (bicyclic) bond motifs is 1. The van der Waals surface area contributed by atoms with Crippen molar-refractivity contribution in [1.82, 2.24) is 19.9 Å². The lowest BCUT2D eigenvalue weighted by atomic mass is 10.1. The molecule has 0 bridgehead atoms. The third-order valence-electron chi connectivity index (χ3n) is 5.55. The second-order valence-electron chi connectivity index (χ2n) is 8.10.